The Hall–Kier alpha value is -1.43. The van der Waals surface area contributed by atoms with Crippen molar-refractivity contribution in [3.8, 4) is 0 Å². The number of carbonyl (C=O) groups excluding carboxylic acids is 1. The first-order valence-electron chi connectivity index (χ1n) is 7.66. The van der Waals surface area contributed by atoms with Crippen LogP contribution in [0.3, 0.4) is 0 Å². The molecule has 4 nitrogen and oxygen atoms in total. The van der Waals surface area contributed by atoms with Crippen LogP contribution in [0.15, 0.2) is 24.3 Å². The molecule has 0 aromatic heterocycles. The van der Waals surface area contributed by atoms with E-state index in [0.29, 0.717) is 24.9 Å². The summed E-state index contributed by atoms with van der Waals surface area (Å²) in [4.78, 5) is 14.1. The summed E-state index contributed by atoms with van der Waals surface area (Å²) in [5, 5.41) is 0. The molecule has 1 heterocycles. The molecule has 1 atom stereocenters. The molecule has 1 saturated heterocycles. The lowest BCUT2D eigenvalue weighted by atomic mass is 10.1. The van der Waals surface area contributed by atoms with Gasteiger partial charge in [-0.1, -0.05) is 25.1 Å². The van der Waals surface area contributed by atoms with Crippen molar-refractivity contribution in [1.29, 1.82) is 0 Å². The van der Waals surface area contributed by atoms with Gasteiger partial charge in [-0.05, 0) is 30.9 Å². The molecule has 1 fully saturated rings. The Kier molecular flexibility index (Phi) is 5.56. The van der Waals surface area contributed by atoms with Crippen LogP contribution in [0, 0.1) is 5.82 Å². The SMILES string of the molecule is CCCN(C(=O)CCc1ccccc1F)C1CCS(=O)(=O)C1. The predicted octanol–water partition coefficient (Wildman–Crippen LogP) is 2.18. The summed E-state index contributed by atoms with van der Waals surface area (Å²) >= 11 is 0. The topological polar surface area (TPSA) is 54.5 Å². The van der Waals surface area contributed by atoms with Crippen LogP contribution >= 0.6 is 0 Å². The Morgan fingerprint density at radius 2 is 2.09 bits per heavy atom. The molecule has 22 heavy (non-hydrogen) atoms. The highest BCUT2D eigenvalue weighted by atomic mass is 32.2. The van der Waals surface area contributed by atoms with E-state index in [1.165, 1.54) is 6.07 Å². The van der Waals surface area contributed by atoms with E-state index in [4.69, 9.17) is 0 Å². The maximum Gasteiger partial charge on any atom is 0.223 e. The van der Waals surface area contributed by atoms with Gasteiger partial charge in [-0.2, -0.15) is 0 Å². The molecule has 0 spiro atoms. The van der Waals surface area contributed by atoms with Gasteiger partial charge in [0.15, 0.2) is 9.84 Å². The molecule has 0 aliphatic carbocycles. The Labute approximate surface area is 131 Å². The quantitative estimate of drug-likeness (QED) is 0.805. The standard InChI is InChI=1S/C16H22FNO3S/c1-2-10-18(14-9-11-22(20,21)12-14)16(19)8-7-13-5-3-4-6-15(13)17/h3-6,14H,2,7-12H2,1H3. The van der Waals surface area contributed by atoms with Crippen LogP contribution in [0.5, 0.6) is 0 Å². The average molecular weight is 327 g/mol. The van der Waals surface area contributed by atoms with Crippen LogP contribution in [-0.2, 0) is 21.1 Å². The van der Waals surface area contributed by atoms with Crippen molar-refractivity contribution in [2.75, 3.05) is 18.1 Å². The van der Waals surface area contributed by atoms with Gasteiger partial charge in [0.1, 0.15) is 5.82 Å². The van der Waals surface area contributed by atoms with Crippen molar-refractivity contribution >= 4 is 15.7 Å². The molecule has 0 N–H and O–H groups in total. The summed E-state index contributed by atoms with van der Waals surface area (Å²) in [6.07, 6.45) is 1.83. The lowest BCUT2D eigenvalue weighted by Gasteiger charge is -2.28. The van der Waals surface area contributed by atoms with Crippen LogP contribution in [0.4, 0.5) is 4.39 Å². The van der Waals surface area contributed by atoms with E-state index in [2.05, 4.69) is 0 Å². The third-order valence-corrected chi connectivity index (χ3v) is 5.75. The van der Waals surface area contributed by atoms with Crippen LogP contribution < -0.4 is 0 Å². The second-order valence-corrected chi connectivity index (χ2v) is 7.96. The predicted molar refractivity (Wildman–Crippen MR) is 83.8 cm³/mol. The Balaban J connectivity index is 2.00. The number of nitrogens with zero attached hydrogens (tertiary/aromatic N) is 1. The number of halogens is 1. The van der Waals surface area contributed by atoms with Gasteiger partial charge in [0.25, 0.3) is 0 Å². The summed E-state index contributed by atoms with van der Waals surface area (Å²) in [5.74, 6) is -0.190. The fourth-order valence-corrected chi connectivity index (χ4v) is 4.59. The van der Waals surface area contributed by atoms with Gasteiger partial charge in [0.05, 0.1) is 11.5 Å². The molecule has 122 valence electrons. The molecule has 0 bridgehead atoms. The van der Waals surface area contributed by atoms with Gasteiger partial charge in [0, 0.05) is 19.0 Å². The Bertz CT molecular complexity index is 630. The minimum absolute atomic E-state index is 0.0540. The molecule has 1 aromatic rings. The van der Waals surface area contributed by atoms with Crippen molar-refractivity contribution in [2.45, 2.75) is 38.6 Å². The zero-order valence-electron chi connectivity index (χ0n) is 12.8. The van der Waals surface area contributed by atoms with Crippen molar-refractivity contribution < 1.29 is 17.6 Å². The van der Waals surface area contributed by atoms with Crippen LogP contribution in [0.25, 0.3) is 0 Å². The minimum atomic E-state index is -3.02. The number of benzene rings is 1. The second kappa shape index (κ2) is 7.22. The molecular weight excluding hydrogens is 305 g/mol. The average Bonchev–Trinajstić information content (AvgIpc) is 2.83. The summed E-state index contributed by atoms with van der Waals surface area (Å²) < 4.78 is 36.8. The molecule has 1 aromatic carbocycles. The molecule has 1 amide bonds. The number of aryl methyl sites for hydroxylation is 1. The maximum absolute atomic E-state index is 13.6. The molecule has 2 rings (SSSR count). The summed E-state index contributed by atoms with van der Waals surface area (Å²) in [6.45, 7) is 2.51. The van der Waals surface area contributed by atoms with Crippen molar-refractivity contribution in [3.05, 3.63) is 35.6 Å². The van der Waals surface area contributed by atoms with Gasteiger partial charge in [-0.25, -0.2) is 12.8 Å². The number of hydrogen-bond donors (Lipinski definition) is 0. The van der Waals surface area contributed by atoms with E-state index >= 15 is 0 Å². The number of amides is 1. The Morgan fingerprint density at radius 3 is 2.68 bits per heavy atom. The zero-order valence-corrected chi connectivity index (χ0v) is 13.6. The van der Waals surface area contributed by atoms with E-state index in [1.807, 2.05) is 6.92 Å². The fraction of sp³-hybridized carbons (Fsp3) is 0.562. The second-order valence-electron chi connectivity index (χ2n) is 5.74. The summed E-state index contributed by atoms with van der Waals surface area (Å²) in [6, 6.07) is 6.20. The number of carbonyl (C=O) groups is 1. The van der Waals surface area contributed by atoms with Gasteiger partial charge < -0.3 is 4.90 Å². The van der Waals surface area contributed by atoms with E-state index in [9.17, 15) is 17.6 Å². The lowest BCUT2D eigenvalue weighted by molar-refractivity contribution is -0.133. The van der Waals surface area contributed by atoms with Crippen molar-refractivity contribution in [1.82, 2.24) is 4.90 Å². The monoisotopic (exact) mass is 327 g/mol. The largest absolute Gasteiger partial charge is 0.339 e. The van der Waals surface area contributed by atoms with Crippen LogP contribution in [0.2, 0.25) is 0 Å². The first kappa shape index (κ1) is 16.9. The first-order valence-corrected chi connectivity index (χ1v) is 9.48. The van der Waals surface area contributed by atoms with Gasteiger partial charge in [0.2, 0.25) is 5.91 Å². The molecule has 0 radical (unpaired) electrons. The van der Waals surface area contributed by atoms with Gasteiger partial charge >= 0.3 is 0 Å². The highest BCUT2D eigenvalue weighted by Crippen LogP contribution is 2.20. The molecule has 6 heteroatoms. The molecule has 1 aliphatic rings. The smallest absolute Gasteiger partial charge is 0.223 e. The zero-order chi connectivity index (χ0) is 16.2. The first-order chi connectivity index (χ1) is 10.4. The van der Waals surface area contributed by atoms with E-state index in [-0.39, 0.29) is 35.7 Å². The van der Waals surface area contributed by atoms with Crippen molar-refractivity contribution in [3.63, 3.8) is 0 Å². The van der Waals surface area contributed by atoms with Gasteiger partial charge in [-0.15, -0.1) is 0 Å². The normalized spacial score (nSPS) is 20.0. The third-order valence-electron chi connectivity index (χ3n) is 4.00. The number of sulfone groups is 1. The van der Waals surface area contributed by atoms with Crippen molar-refractivity contribution in [2.24, 2.45) is 0 Å². The lowest BCUT2D eigenvalue weighted by Crippen LogP contribution is -2.41. The fourth-order valence-electron chi connectivity index (χ4n) is 2.86. The van der Waals surface area contributed by atoms with E-state index in [0.717, 1.165) is 6.42 Å². The molecule has 1 unspecified atom stereocenters. The highest BCUT2D eigenvalue weighted by molar-refractivity contribution is 7.91. The van der Waals surface area contributed by atoms with E-state index in [1.54, 1.807) is 23.1 Å². The third kappa shape index (κ3) is 4.29. The molecule has 1 aliphatic heterocycles. The molecule has 0 saturated carbocycles. The molecular formula is C16H22FNO3S. The highest BCUT2D eigenvalue weighted by Gasteiger charge is 2.33. The Morgan fingerprint density at radius 1 is 1.36 bits per heavy atom. The van der Waals surface area contributed by atoms with E-state index < -0.39 is 9.84 Å². The minimum Gasteiger partial charge on any atom is -0.339 e. The van der Waals surface area contributed by atoms with Gasteiger partial charge in [-0.3, -0.25) is 4.79 Å². The van der Waals surface area contributed by atoms with Crippen LogP contribution in [-0.4, -0.2) is 43.3 Å². The number of hydrogen-bond acceptors (Lipinski definition) is 3. The number of rotatable bonds is 6. The summed E-state index contributed by atoms with van der Waals surface area (Å²) in [7, 11) is -3.02. The maximum atomic E-state index is 13.6. The summed E-state index contributed by atoms with van der Waals surface area (Å²) in [5.41, 5.74) is 0.520. The van der Waals surface area contributed by atoms with Crippen LogP contribution in [0.1, 0.15) is 31.7 Å².